The normalized spacial score (nSPS) is 11.4. The molecular formula is C24H19N3O3. The predicted octanol–water partition coefficient (Wildman–Crippen LogP) is 5.37. The summed E-state index contributed by atoms with van der Waals surface area (Å²) in [7, 11) is 0. The Balaban J connectivity index is 1.60. The lowest BCUT2D eigenvalue weighted by Gasteiger charge is -2.02. The van der Waals surface area contributed by atoms with Gasteiger partial charge in [-0.3, -0.25) is 0 Å². The van der Waals surface area contributed by atoms with Crippen LogP contribution in [-0.2, 0) is 4.74 Å². The highest BCUT2D eigenvalue weighted by atomic mass is 16.5. The van der Waals surface area contributed by atoms with Gasteiger partial charge in [-0.05, 0) is 55.8 Å². The summed E-state index contributed by atoms with van der Waals surface area (Å²) in [5.74, 6) is 1.31. The number of aromatic nitrogens is 2. The van der Waals surface area contributed by atoms with Gasteiger partial charge < -0.3 is 14.1 Å². The van der Waals surface area contributed by atoms with E-state index in [1.54, 1.807) is 43.3 Å². The molecule has 0 unspecified atom stereocenters. The van der Waals surface area contributed by atoms with E-state index in [0.717, 1.165) is 22.2 Å². The molecule has 0 radical (unpaired) electrons. The van der Waals surface area contributed by atoms with Crippen LogP contribution in [0.2, 0.25) is 0 Å². The lowest BCUT2D eigenvalue weighted by Crippen LogP contribution is -2.03. The minimum Gasteiger partial charge on any atom is -0.462 e. The van der Waals surface area contributed by atoms with E-state index < -0.39 is 0 Å². The molecule has 4 rings (SSSR count). The molecule has 4 aromatic rings. The summed E-state index contributed by atoms with van der Waals surface area (Å²) < 4.78 is 10.9. The minimum absolute atomic E-state index is 0.334. The summed E-state index contributed by atoms with van der Waals surface area (Å²) in [6, 6.07) is 18.7. The number of hydrogen-bond acceptors (Lipinski definition) is 5. The molecule has 0 saturated carbocycles. The molecule has 0 fully saturated rings. The number of nitrogens with one attached hydrogen (secondary N) is 1. The van der Waals surface area contributed by atoms with E-state index in [1.807, 2.05) is 31.2 Å². The summed E-state index contributed by atoms with van der Waals surface area (Å²) in [6.07, 6.45) is 1.65. The Kier molecular flexibility index (Phi) is 5.19. The molecule has 0 saturated heterocycles. The molecule has 0 amide bonds. The molecule has 0 aliphatic rings. The molecule has 148 valence electrons. The molecule has 6 heteroatoms. The Morgan fingerprint density at radius 2 is 2.00 bits per heavy atom. The number of aromatic amines is 1. The van der Waals surface area contributed by atoms with Crippen molar-refractivity contribution in [3.8, 4) is 17.4 Å². The third kappa shape index (κ3) is 3.87. The number of furan rings is 1. The number of allylic oxidation sites excluding steroid dienone is 1. The Morgan fingerprint density at radius 1 is 1.20 bits per heavy atom. The minimum atomic E-state index is -0.355. The summed E-state index contributed by atoms with van der Waals surface area (Å²) >= 11 is 0. The molecule has 0 bridgehead atoms. The number of ether oxygens (including phenoxy) is 1. The SMILES string of the molecule is CCOC(=O)c1ccc(-c2ccc(C=C(C#N)c3nc4ccc(C)cc4[nH]3)o2)cc1. The van der Waals surface area contributed by atoms with Crippen molar-refractivity contribution in [1.82, 2.24) is 9.97 Å². The number of carbonyl (C=O) groups is 1. The maximum absolute atomic E-state index is 11.8. The molecule has 1 N–H and O–H groups in total. The zero-order chi connectivity index (χ0) is 21.1. The van der Waals surface area contributed by atoms with Crippen LogP contribution in [0, 0.1) is 18.3 Å². The molecule has 2 aromatic carbocycles. The van der Waals surface area contributed by atoms with E-state index in [-0.39, 0.29) is 5.97 Å². The molecular weight excluding hydrogens is 378 g/mol. The number of nitrogens with zero attached hydrogens (tertiary/aromatic N) is 2. The summed E-state index contributed by atoms with van der Waals surface area (Å²) in [5.41, 5.74) is 4.48. The number of esters is 1. The highest BCUT2D eigenvalue weighted by Crippen LogP contribution is 2.26. The van der Waals surface area contributed by atoms with E-state index in [4.69, 9.17) is 9.15 Å². The number of carbonyl (C=O) groups excluding carboxylic acids is 1. The second kappa shape index (κ2) is 8.10. The zero-order valence-corrected chi connectivity index (χ0v) is 16.6. The lowest BCUT2D eigenvalue weighted by atomic mass is 10.1. The van der Waals surface area contributed by atoms with E-state index in [9.17, 15) is 10.1 Å². The first-order valence-electron chi connectivity index (χ1n) is 9.53. The van der Waals surface area contributed by atoms with Crippen LogP contribution in [0.3, 0.4) is 0 Å². The Morgan fingerprint density at radius 3 is 2.73 bits per heavy atom. The Hall–Kier alpha value is -4.11. The third-order valence-electron chi connectivity index (χ3n) is 4.61. The molecule has 2 heterocycles. The molecule has 0 spiro atoms. The second-order valence-corrected chi connectivity index (χ2v) is 6.78. The van der Waals surface area contributed by atoms with Crippen LogP contribution in [0.4, 0.5) is 0 Å². The van der Waals surface area contributed by atoms with Crippen LogP contribution < -0.4 is 0 Å². The molecule has 6 nitrogen and oxygen atoms in total. The summed E-state index contributed by atoms with van der Waals surface area (Å²) in [6.45, 7) is 4.11. The van der Waals surface area contributed by atoms with Gasteiger partial charge in [0.15, 0.2) is 0 Å². The molecule has 0 atom stereocenters. The van der Waals surface area contributed by atoms with Crippen molar-refractivity contribution < 1.29 is 13.9 Å². The van der Waals surface area contributed by atoms with Gasteiger partial charge in [0.05, 0.1) is 28.8 Å². The van der Waals surface area contributed by atoms with Gasteiger partial charge in [-0.1, -0.05) is 18.2 Å². The van der Waals surface area contributed by atoms with Gasteiger partial charge in [-0.2, -0.15) is 5.26 Å². The highest BCUT2D eigenvalue weighted by Gasteiger charge is 2.11. The zero-order valence-electron chi connectivity index (χ0n) is 16.6. The predicted molar refractivity (Wildman–Crippen MR) is 114 cm³/mol. The van der Waals surface area contributed by atoms with Crippen LogP contribution >= 0.6 is 0 Å². The van der Waals surface area contributed by atoms with Crippen molar-refractivity contribution >= 4 is 28.7 Å². The molecule has 0 aliphatic heterocycles. The fourth-order valence-electron chi connectivity index (χ4n) is 3.12. The van der Waals surface area contributed by atoms with Crippen molar-refractivity contribution in [1.29, 1.82) is 5.26 Å². The first-order valence-corrected chi connectivity index (χ1v) is 9.53. The van der Waals surface area contributed by atoms with Gasteiger partial charge in [0.1, 0.15) is 23.4 Å². The first kappa shape index (κ1) is 19.2. The fourth-order valence-corrected chi connectivity index (χ4v) is 3.12. The molecule has 0 aliphatic carbocycles. The third-order valence-corrected chi connectivity index (χ3v) is 4.61. The van der Waals surface area contributed by atoms with Gasteiger partial charge in [0.2, 0.25) is 0 Å². The van der Waals surface area contributed by atoms with Crippen LogP contribution in [0.1, 0.15) is 34.4 Å². The first-order chi connectivity index (χ1) is 14.6. The summed E-state index contributed by atoms with van der Waals surface area (Å²) in [4.78, 5) is 19.5. The van der Waals surface area contributed by atoms with Crippen LogP contribution in [-0.4, -0.2) is 22.5 Å². The van der Waals surface area contributed by atoms with E-state index >= 15 is 0 Å². The number of H-pyrrole nitrogens is 1. The molecule has 30 heavy (non-hydrogen) atoms. The number of aryl methyl sites for hydroxylation is 1. The topological polar surface area (TPSA) is 91.9 Å². The maximum Gasteiger partial charge on any atom is 0.338 e. The van der Waals surface area contributed by atoms with E-state index in [2.05, 4.69) is 16.0 Å². The number of fused-ring (bicyclic) bond motifs is 1. The number of nitriles is 1. The monoisotopic (exact) mass is 397 g/mol. The average molecular weight is 397 g/mol. The standard InChI is InChI=1S/C24H19N3O3/c1-3-29-24(28)17-7-5-16(6-8-17)22-11-9-19(30-22)13-18(14-25)23-26-20-10-4-15(2)12-21(20)27-23/h4-13H,3H2,1-2H3,(H,26,27). The van der Waals surface area contributed by atoms with Crippen LogP contribution in [0.15, 0.2) is 59.0 Å². The fraction of sp³-hybridized carbons (Fsp3) is 0.125. The van der Waals surface area contributed by atoms with E-state index in [1.165, 1.54) is 0 Å². The van der Waals surface area contributed by atoms with Crippen molar-refractivity contribution in [2.45, 2.75) is 13.8 Å². The van der Waals surface area contributed by atoms with Gasteiger partial charge >= 0.3 is 5.97 Å². The average Bonchev–Trinajstić information content (AvgIpc) is 3.39. The lowest BCUT2D eigenvalue weighted by molar-refractivity contribution is 0.0526. The number of benzene rings is 2. The van der Waals surface area contributed by atoms with E-state index in [0.29, 0.717) is 35.1 Å². The largest absolute Gasteiger partial charge is 0.462 e. The summed E-state index contributed by atoms with van der Waals surface area (Å²) in [5, 5.41) is 9.61. The Labute approximate surface area is 173 Å². The van der Waals surface area contributed by atoms with Gasteiger partial charge in [-0.25, -0.2) is 9.78 Å². The van der Waals surface area contributed by atoms with Gasteiger partial charge in [0.25, 0.3) is 0 Å². The van der Waals surface area contributed by atoms with Crippen molar-refractivity contribution in [2.75, 3.05) is 6.61 Å². The van der Waals surface area contributed by atoms with Crippen molar-refractivity contribution in [2.24, 2.45) is 0 Å². The smallest absolute Gasteiger partial charge is 0.338 e. The van der Waals surface area contributed by atoms with Crippen molar-refractivity contribution in [3.63, 3.8) is 0 Å². The number of imidazole rings is 1. The number of hydrogen-bond donors (Lipinski definition) is 1. The highest BCUT2D eigenvalue weighted by molar-refractivity contribution is 5.91. The number of rotatable bonds is 5. The maximum atomic E-state index is 11.8. The quantitative estimate of drug-likeness (QED) is 0.361. The van der Waals surface area contributed by atoms with Crippen LogP contribution in [0.25, 0.3) is 34.0 Å². The van der Waals surface area contributed by atoms with Crippen LogP contribution in [0.5, 0.6) is 0 Å². The van der Waals surface area contributed by atoms with Crippen molar-refractivity contribution in [3.05, 3.63) is 77.3 Å². The van der Waals surface area contributed by atoms with Gasteiger partial charge in [-0.15, -0.1) is 0 Å². The molecule has 2 aromatic heterocycles. The second-order valence-electron chi connectivity index (χ2n) is 6.78. The van der Waals surface area contributed by atoms with Gasteiger partial charge in [0, 0.05) is 11.6 Å². The Bertz CT molecular complexity index is 1290.